The summed E-state index contributed by atoms with van der Waals surface area (Å²) in [5.41, 5.74) is 0. The second-order valence-electron chi connectivity index (χ2n) is 4.09. The number of nitrogens with zero attached hydrogens (tertiary/aromatic N) is 2. The highest BCUT2D eigenvalue weighted by molar-refractivity contribution is 5.49. The summed E-state index contributed by atoms with van der Waals surface area (Å²) in [4.78, 5) is 5.88. The summed E-state index contributed by atoms with van der Waals surface area (Å²) in [5.74, 6) is -0.913. The average molecular weight is 257 g/mol. The summed E-state index contributed by atoms with van der Waals surface area (Å²) in [6.45, 7) is 7.80. The van der Waals surface area contributed by atoms with Crippen LogP contribution < -0.4 is 10.2 Å². The van der Waals surface area contributed by atoms with E-state index in [2.05, 4.69) is 17.2 Å². The van der Waals surface area contributed by atoms with E-state index in [0.29, 0.717) is 13.1 Å². The number of unbranched alkanes of at least 4 members (excludes halogenated alkanes) is 1. The number of pyridine rings is 1. The molecule has 0 saturated heterocycles. The zero-order chi connectivity index (χ0) is 13.5. The van der Waals surface area contributed by atoms with Gasteiger partial charge in [-0.2, -0.15) is 0 Å². The quantitative estimate of drug-likeness (QED) is 0.811. The Balaban J connectivity index is 3.01. The first kappa shape index (κ1) is 14.7. The highest BCUT2D eigenvalue weighted by atomic mass is 19.1. The molecule has 0 aromatic carbocycles. The summed E-state index contributed by atoms with van der Waals surface area (Å²) in [6, 6.07) is 0.898. The molecule has 0 radical (unpaired) electrons. The SMILES string of the molecule is CCCCN(CC)c1nc(NCC)c(F)cc1F. The van der Waals surface area contributed by atoms with Gasteiger partial charge in [0.05, 0.1) is 0 Å². The van der Waals surface area contributed by atoms with Gasteiger partial charge in [-0.1, -0.05) is 13.3 Å². The first-order chi connectivity index (χ1) is 8.63. The van der Waals surface area contributed by atoms with Gasteiger partial charge in [0.25, 0.3) is 0 Å². The largest absolute Gasteiger partial charge is 0.368 e. The third-order valence-electron chi connectivity index (χ3n) is 2.72. The minimum Gasteiger partial charge on any atom is -0.368 e. The average Bonchev–Trinajstić information content (AvgIpc) is 2.35. The van der Waals surface area contributed by atoms with E-state index in [4.69, 9.17) is 0 Å². The van der Waals surface area contributed by atoms with Crippen molar-refractivity contribution in [2.24, 2.45) is 0 Å². The van der Waals surface area contributed by atoms with E-state index < -0.39 is 11.6 Å². The third-order valence-corrected chi connectivity index (χ3v) is 2.72. The Bertz CT molecular complexity index is 383. The summed E-state index contributed by atoms with van der Waals surface area (Å²) in [7, 11) is 0. The predicted molar refractivity (Wildman–Crippen MR) is 71.1 cm³/mol. The molecule has 0 aliphatic rings. The van der Waals surface area contributed by atoms with Crippen LogP contribution in [0.1, 0.15) is 33.6 Å². The molecule has 5 heteroatoms. The van der Waals surface area contributed by atoms with E-state index >= 15 is 0 Å². The fourth-order valence-electron chi connectivity index (χ4n) is 1.73. The van der Waals surface area contributed by atoms with Gasteiger partial charge in [-0.05, 0) is 20.3 Å². The van der Waals surface area contributed by atoms with Crippen molar-refractivity contribution in [2.75, 3.05) is 29.9 Å². The van der Waals surface area contributed by atoms with Gasteiger partial charge >= 0.3 is 0 Å². The summed E-state index contributed by atoms with van der Waals surface area (Å²) in [5, 5.41) is 2.80. The number of rotatable bonds is 7. The molecule has 0 aliphatic carbocycles. The first-order valence-electron chi connectivity index (χ1n) is 6.48. The number of hydrogen-bond donors (Lipinski definition) is 1. The second kappa shape index (κ2) is 7.13. The Kier molecular flexibility index (Phi) is 5.82. The van der Waals surface area contributed by atoms with Gasteiger partial charge in [-0.25, -0.2) is 13.8 Å². The second-order valence-corrected chi connectivity index (χ2v) is 4.09. The minimum absolute atomic E-state index is 0.115. The molecule has 0 spiro atoms. The smallest absolute Gasteiger partial charge is 0.168 e. The zero-order valence-electron chi connectivity index (χ0n) is 11.3. The lowest BCUT2D eigenvalue weighted by atomic mass is 10.3. The highest BCUT2D eigenvalue weighted by Gasteiger charge is 2.15. The van der Waals surface area contributed by atoms with Crippen LogP contribution in [0.5, 0.6) is 0 Å². The van der Waals surface area contributed by atoms with Crippen molar-refractivity contribution in [2.45, 2.75) is 33.6 Å². The van der Waals surface area contributed by atoms with Gasteiger partial charge in [0.1, 0.15) is 0 Å². The number of anilines is 2. The van der Waals surface area contributed by atoms with Crippen molar-refractivity contribution in [3.8, 4) is 0 Å². The van der Waals surface area contributed by atoms with Crippen molar-refractivity contribution in [1.82, 2.24) is 4.98 Å². The molecule has 0 aliphatic heterocycles. The van der Waals surface area contributed by atoms with E-state index in [-0.39, 0.29) is 11.6 Å². The molecule has 1 heterocycles. The van der Waals surface area contributed by atoms with E-state index in [0.717, 1.165) is 25.5 Å². The fraction of sp³-hybridized carbons (Fsp3) is 0.615. The predicted octanol–water partition coefficient (Wildman–Crippen LogP) is 3.42. The lowest BCUT2D eigenvalue weighted by Gasteiger charge is -2.23. The fourth-order valence-corrected chi connectivity index (χ4v) is 1.73. The van der Waals surface area contributed by atoms with Crippen molar-refractivity contribution in [3.05, 3.63) is 17.7 Å². The van der Waals surface area contributed by atoms with Crippen molar-refractivity contribution < 1.29 is 8.78 Å². The van der Waals surface area contributed by atoms with Crippen LogP contribution in [-0.4, -0.2) is 24.6 Å². The van der Waals surface area contributed by atoms with Gasteiger partial charge in [0.2, 0.25) is 0 Å². The molecule has 3 nitrogen and oxygen atoms in total. The van der Waals surface area contributed by atoms with Crippen LogP contribution in [0.15, 0.2) is 6.07 Å². The molecule has 0 unspecified atom stereocenters. The molecule has 0 saturated carbocycles. The molecule has 1 rings (SSSR count). The van der Waals surface area contributed by atoms with E-state index in [1.54, 1.807) is 0 Å². The van der Waals surface area contributed by atoms with Crippen LogP contribution >= 0.6 is 0 Å². The molecule has 0 fully saturated rings. The molecule has 1 aromatic heterocycles. The molecule has 1 N–H and O–H groups in total. The molecule has 0 bridgehead atoms. The first-order valence-corrected chi connectivity index (χ1v) is 6.48. The monoisotopic (exact) mass is 257 g/mol. The maximum absolute atomic E-state index is 13.8. The number of aromatic nitrogens is 1. The van der Waals surface area contributed by atoms with Crippen molar-refractivity contribution in [1.29, 1.82) is 0 Å². The maximum atomic E-state index is 13.8. The molecule has 0 atom stereocenters. The standard InChI is InChI=1S/C13H21F2N3/c1-4-7-8-18(6-3)13-11(15)9-10(14)12(17-13)16-5-2/h9H,4-8H2,1-3H3,(H,16,17). The summed E-state index contributed by atoms with van der Waals surface area (Å²) in [6.07, 6.45) is 1.99. The van der Waals surface area contributed by atoms with Crippen LogP contribution in [0.4, 0.5) is 20.4 Å². The van der Waals surface area contributed by atoms with Gasteiger partial charge in [0, 0.05) is 25.7 Å². The topological polar surface area (TPSA) is 28.2 Å². The van der Waals surface area contributed by atoms with Crippen LogP contribution in [-0.2, 0) is 0 Å². The minimum atomic E-state index is -0.648. The molecular formula is C13H21F2N3. The molecule has 18 heavy (non-hydrogen) atoms. The molecule has 0 amide bonds. The number of nitrogens with one attached hydrogen (secondary N) is 1. The summed E-state index contributed by atoms with van der Waals surface area (Å²) >= 11 is 0. The number of halogens is 2. The van der Waals surface area contributed by atoms with Crippen LogP contribution in [0.2, 0.25) is 0 Å². The van der Waals surface area contributed by atoms with Gasteiger partial charge in [-0.15, -0.1) is 0 Å². The van der Waals surface area contributed by atoms with E-state index in [9.17, 15) is 8.78 Å². The van der Waals surface area contributed by atoms with E-state index in [1.807, 2.05) is 18.7 Å². The molecule has 102 valence electrons. The van der Waals surface area contributed by atoms with Gasteiger partial charge < -0.3 is 10.2 Å². The third kappa shape index (κ3) is 3.55. The maximum Gasteiger partial charge on any atom is 0.168 e. The lowest BCUT2D eigenvalue weighted by molar-refractivity contribution is 0.568. The Morgan fingerprint density at radius 2 is 1.94 bits per heavy atom. The van der Waals surface area contributed by atoms with E-state index in [1.165, 1.54) is 0 Å². The van der Waals surface area contributed by atoms with Gasteiger partial charge in [0.15, 0.2) is 23.3 Å². The molecule has 1 aromatic rings. The molecular weight excluding hydrogens is 236 g/mol. The van der Waals surface area contributed by atoms with Crippen molar-refractivity contribution >= 4 is 11.6 Å². The normalized spacial score (nSPS) is 10.5. The van der Waals surface area contributed by atoms with Crippen molar-refractivity contribution in [3.63, 3.8) is 0 Å². The lowest BCUT2D eigenvalue weighted by Crippen LogP contribution is -2.26. The Morgan fingerprint density at radius 1 is 1.22 bits per heavy atom. The number of hydrogen-bond acceptors (Lipinski definition) is 3. The summed E-state index contributed by atoms with van der Waals surface area (Å²) < 4.78 is 27.2. The van der Waals surface area contributed by atoms with Crippen LogP contribution in [0.3, 0.4) is 0 Å². The van der Waals surface area contributed by atoms with Crippen LogP contribution in [0, 0.1) is 11.6 Å². The Labute approximate surface area is 107 Å². The Morgan fingerprint density at radius 3 is 2.50 bits per heavy atom. The highest BCUT2D eigenvalue weighted by Crippen LogP contribution is 2.22. The Hall–Kier alpha value is -1.39. The zero-order valence-corrected chi connectivity index (χ0v) is 11.3. The van der Waals surface area contributed by atoms with Gasteiger partial charge in [-0.3, -0.25) is 0 Å². The van der Waals surface area contributed by atoms with Crippen LogP contribution in [0.25, 0.3) is 0 Å².